The maximum atomic E-state index is 11.8. The van der Waals surface area contributed by atoms with Gasteiger partial charge in [0.15, 0.2) is 0 Å². The highest BCUT2D eigenvalue weighted by molar-refractivity contribution is 5.98. The zero-order chi connectivity index (χ0) is 54.0. The van der Waals surface area contributed by atoms with Gasteiger partial charge < -0.3 is 19.7 Å². The molecule has 2 saturated carbocycles. The Hall–Kier alpha value is -8.80. The maximum absolute atomic E-state index is 11.8. The topological polar surface area (TPSA) is 58.9 Å². The Morgan fingerprint density at radius 3 is 0.889 bits per heavy atom. The van der Waals surface area contributed by atoms with Gasteiger partial charge in [-0.1, -0.05) is 207 Å². The Labute approximate surface area is 473 Å². The standard InChI is InChI=1S/C77H62O4/c78-71-29-13-15-31-73(71)80-75-65(57-37-33-49-17-1-5-21-53(49)41-57)45-61(46-66(75)58-38-34-50-18-2-6-22-54(50)42-58)77(69-27-11-9-25-63(69)64-26-10-12-28-70(64)77)62-47-67(59-39-35-51-19-3-7-23-55(51)43-59)76(81-74-32-16-14-30-72(74)79)68(48-62)60-40-36-52-20-4-8-24-56(52)44-60/h1-12,17-28,33-48,71-74,78-79H,13-16,29-32H2. The average Bonchev–Trinajstić information content (AvgIpc) is 3.68. The normalized spacial score (nSPS) is 18.4. The van der Waals surface area contributed by atoms with E-state index in [2.05, 4.69) is 243 Å². The van der Waals surface area contributed by atoms with Gasteiger partial charge in [0, 0.05) is 22.3 Å². The molecule has 12 aromatic rings. The van der Waals surface area contributed by atoms with Crippen LogP contribution in [0.15, 0.2) is 243 Å². The van der Waals surface area contributed by atoms with Crippen LogP contribution in [0, 0.1) is 0 Å². The molecule has 2 N–H and O–H groups in total. The highest BCUT2D eigenvalue weighted by Crippen LogP contribution is 2.60. The second-order valence-electron chi connectivity index (χ2n) is 22.9. The molecule has 4 nitrogen and oxygen atoms in total. The molecule has 0 aliphatic heterocycles. The lowest BCUT2D eigenvalue weighted by Gasteiger charge is -2.37. The molecule has 0 heterocycles. The first-order chi connectivity index (χ1) is 39.9. The Kier molecular flexibility index (Phi) is 12.4. The molecule has 4 heteroatoms. The van der Waals surface area contributed by atoms with E-state index in [0.717, 1.165) is 149 Å². The van der Waals surface area contributed by atoms with E-state index in [9.17, 15) is 10.2 Å². The van der Waals surface area contributed by atoms with E-state index in [4.69, 9.17) is 9.47 Å². The monoisotopic (exact) mass is 1050 g/mol. The second kappa shape index (κ2) is 20.4. The van der Waals surface area contributed by atoms with Crippen LogP contribution >= 0.6 is 0 Å². The predicted octanol–water partition coefficient (Wildman–Crippen LogP) is 18.7. The zero-order valence-corrected chi connectivity index (χ0v) is 45.3. The Bertz CT molecular complexity index is 3920. The third kappa shape index (κ3) is 8.59. The number of ether oxygens (including phenoxy) is 2. The smallest absolute Gasteiger partial charge is 0.135 e. The summed E-state index contributed by atoms with van der Waals surface area (Å²) in [5, 5.41) is 32.9. The quantitative estimate of drug-likeness (QED) is 0.143. The Morgan fingerprint density at radius 2 is 0.568 bits per heavy atom. The summed E-state index contributed by atoms with van der Waals surface area (Å²) in [6, 6.07) is 89.3. The highest BCUT2D eigenvalue weighted by atomic mass is 16.5. The van der Waals surface area contributed by atoms with Crippen molar-refractivity contribution in [3.8, 4) is 67.1 Å². The van der Waals surface area contributed by atoms with Crippen molar-refractivity contribution in [2.24, 2.45) is 0 Å². The van der Waals surface area contributed by atoms with Gasteiger partial charge in [0.05, 0.1) is 17.6 Å². The van der Waals surface area contributed by atoms with Gasteiger partial charge in [0.2, 0.25) is 0 Å². The molecule has 0 spiro atoms. The SMILES string of the molecule is OC1CCCCC1Oc1c(-c2ccc3ccccc3c2)cc(C2(c3cc(-c4ccc5ccccc5c4)c(OC4CCCCC4O)c(-c4ccc5ccccc5c4)c3)c3ccccc3-c3ccccc32)cc1-c1ccc2ccccc2c1. The van der Waals surface area contributed by atoms with Crippen molar-refractivity contribution >= 4 is 43.1 Å². The molecule has 0 radical (unpaired) electrons. The predicted molar refractivity (Wildman–Crippen MR) is 333 cm³/mol. The first-order valence-electron chi connectivity index (χ1n) is 29.2. The summed E-state index contributed by atoms with van der Waals surface area (Å²) < 4.78 is 15.0. The molecule has 0 saturated heterocycles. The van der Waals surface area contributed by atoms with Gasteiger partial charge in [-0.2, -0.15) is 0 Å². The minimum atomic E-state index is -0.923. The van der Waals surface area contributed by atoms with Crippen molar-refractivity contribution < 1.29 is 19.7 Å². The van der Waals surface area contributed by atoms with E-state index >= 15 is 0 Å². The van der Waals surface area contributed by atoms with E-state index in [1.807, 2.05) is 0 Å². The number of aliphatic hydroxyl groups is 2. The summed E-state index contributed by atoms with van der Waals surface area (Å²) in [7, 11) is 0. The van der Waals surface area contributed by atoms with Crippen LogP contribution in [-0.4, -0.2) is 34.6 Å². The summed E-state index contributed by atoms with van der Waals surface area (Å²) in [6.07, 6.45) is 4.93. The third-order valence-corrected chi connectivity index (χ3v) is 18.1. The first-order valence-corrected chi connectivity index (χ1v) is 29.2. The molecule has 3 aliphatic rings. The van der Waals surface area contributed by atoms with Crippen molar-refractivity contribution in [2.75, 3.05) is 0 Å². The lowest BCUT2D eigenvalue weighted by atomic mass is 9.66. The van der Waals surface area contributed by atoms with Crippen molar-refractivity contribution in [1.29, 1.82) is 0 Å². The van der Waals surface area contributed by atoms with Gasteiger partial charge >= 0.3 is 0 Å². The second-order valence-corrected chi connectivity index (χ2v) is 22.9. The van der Waals surface area contributed by atoms with Gasteiger partial charge in [-0.3, -0.25) is 0 Å². The highest BCUT2D eigenvalue weighted by Gasteiger charge is 2.48. The fraction of sp³-hybridized carbons (Fsp3) is 0.169. The third-order valence-electron chi connectivity index (χ3n) is 18.1. The van der Waals surface area contributed by atoms with Crippen molar-refractivity contribution in [3.63, 3.8) is 0 Å². The van der Waals surface area contributed by atoms with Gasteiger partial charge in [-0.15, -0.1) is 0 Å². The first kappa shape index (κ1) is 49.3. The molecule has 0 aromatic heterocycles. The molecular formula is C77H62O4. The Morgan fingerprint density at radius 1 is 0.284 bits per heavy atom. The number of aliphatic hydroxyl groups excluding tert-OH is 2. The molecule has 394 valence electrons. The van der Waals surface area contributed by atoms with Crippen LogP contribution in [0.1, 0.15) is 73.6 Å². The number of hydrogen-bond donors (Lipinski definition) is 2. The van der Waals surface area contributed by atoms with Gasteiger partial charge in [-0.05, 0) is 186 Å². The average molecular weight is 1050 g/mol. The van der Waals surface area contributed by atoms with E-state index in [1.165, 1.54) is 22.3 Å². The molecule has 0 bridgehead atoms. The number of rotatable bonds is 10. The van der Waals surface area contributed by atoms with Gasteiger partial charge in [0.25, 0.3) is 0 Å². The van der Waals surface area contributed by atoms with Crippen molar-refractivity contribution in [2.45, 2.75) is 81.2 Å². The van der Waals surface area contributed by atoms with Crippen LogP contribution in [0.5, 0.6) is 11.5 Å². The Balaban J connectivity index is 1.10. The van der Waals surface area contributed by atoms with Gasteiger partial charge in [-0.25, -0.2) is 0 Å². The van der Waals surface area contributed by atoms with Gasteiger partial charge in [0.1, 0.15) is 23.7 Å². The van der Waals surface area contributed by atoms with Crippen LogP contribution in [0.25, 0.3) is 98.7 Å². The van der Waals surface area contributed by atoms with E-state index < -0.39 is 17.6 Å². The van der Waals surface area contributed by atoms with E-state index in [1.54, 1.807) is 0 Å². The van der Waals surface area contributed by atoms with Crippen LogP contribution < -0.4 is 9.47 Å². The summed E-state index contributed by atoms with van der Waals surface area (Å²) >= 11 is 0. The van der Waals surface area contributed by atoms with Crippen molar-refractivity contribution in [1.82, 2.24) is 0 Å². The lowest BCUT2D eigenvalue weighted by molar-refractivity contribution is 0.00747. The van der Waals surface area contributed by atoms with Crippen LogP contribution in [-0.2, 0) is 5.41 Å². The van der Waals surface area contributed by atoms with Crippen LogP contribution in [0.3, 0.4) is 0 Å². The molecule has 4 atom stereocenters. The van der Waals surface area contributed by atoms with Crippen LogP contribution in [0.4, 0.5) is 0 Å². The minimum absolute atomic E-state index is 0.380. The molecular weight excluding hydrogens is 989 g/mol. The van der Waals surface area contributed by atoms with Crippen molar-refractivity contribution in [3.05, 3.63) is 265 Å². The molecule has 2 fully saturated rings. The fourth-order valence-corrected chi connectivity index (χ4v) is 14.0. The largest absolute Gasteiger partial charge is 0.486 e. The number of fused-ring (bicyclic) bond motifs is 7. The van der Waals surface area contributed by atoms with E-state index in [-0.39, 0.29) is 12.2 Å². The zero-order valence-electron chi connectivity index (χ0n) is 45.3. The summed E-state index contributed by atoms with van der Waals surface area (Å²) in [5.41, 5.74) is 14.0. The molecule has 15 rings (SSSR count). The summed E-state index contributed by atoms with van der Waals surface area (Å²) in [4.78, 5) is 0. The lowest BCUT2D eigenvalue weighted by Crippen LogP contribution is -2.35. The molecule has 81 heavy (non-hydrogen) atoms. The summed E-state index contributed by atoms with van der Waals surface area (Å²) in [5.74, 6) is 1.54. The molecule has 4 unspecified atom stereocenters. The fourth-order valence-electron chi connectivity index (χ4n) is 14.0. The number of hydrogen-bond acceptors (Lipinski definition) is 4. The maximum Gasteiger partial charge on any atom is 0.135 e. The van der Waals surface area contributed by atoms with E-state index in [0.29, 0.717) is 12.8 Å². The molecule has 12 aromatic carbocycles. The van der Waals surface area contributed by atoms with Crippen LogP contribution in [0.2, 0.25) is 0 Å². The summed E-state index contributed by atoms with van der Waals surface area (Å²) in [6.45, 7) is 0. The molecule has 0 amide bonds. The molecule has 3 aliphatic carbocycles. The minimum Gasteiger partial charge on any atom is -0.486 e. The number of benzene rings is 12.